The number of aromatic nitrogens is 1. The number of fused-ring (bicyclic) bond motifs is 1. The van der Waals surface area contributed by atoms with Crippen molar-refractivity contribution < 1.29 is 14.3 Å². The monoisotopic (exact) mass is 551 g/mol. The number of carbonyl (C=O) groups excluding carboxylic acids is 1. The average Bonchev–Trinajstić information content (AvgIpc) is 3.20. The Hall–Kier alpha value is -1.75. The van der Waals surface area contributed by atoms with Crippen molar-refractivity contribution in [3.63, 3.8) is 0 Å². The number of halogens is 1. The second kappa shape index (κ2) is 10.7. The number of hydrogen-bond donors (Lipinski definition) is 0. The van der Waals surface area contributed by atoms with Crippen LogP contribution in [0.2, 0.25) is 0 Å². The molecule has 164 valence electrons. The van der Waals surface area contributed by atoms with E-state index in [9.17, 15) is 4.79 Å². The van der Waals surface area contributed by atoms with Crippen LogP contribution in [0.5, 0.6) is 5.75 Å². The summed E-state index contributed by atoms with van der Waals surface area (Å²) in [6, 6.07) is 13.6. The molecule has 1 aliphatic rings. The Morgan fingerprint density at radius 2 is 2.06 bits per heavy atom. The fourth-order valence-corrected chi connectivity index (χ4v) is 5.24. The predicted octanol–water partition coefficient (Wildman–Crippen LogP) is 4.67. The molecule has 31 heavy (non-hydrogen) atoms. The van der Waals surface area contributed by atoms with E-state index in [4.69, 9.17) is 14.5 Å². The highest BCUT2D eigenvalue weighted by Crippen LogP contribution is 2.32. The lowest BCUT2D eigenvalue weighted by molar-refractivity contribution is 0.0376. The van der Waals surface area contributed by atoms with E-state index >= 15 is 0 Å². The smallest absolute Gasteiger partial charge is 0.261 e. The molecule has 2 heterocycles. The molecule has 0 N–H and O–H groups in total. The minimum absolute atomic E-state index is 0.00364. The zero-order valence-electron chi connectivity index (χ0n) is 17.6. The number of benzene rings is 2. The maximum absolute atomic E-state index is 13.5. The van der Waals surface area contributed by atoms with Gasteiger partial charge in [0.25, 0.3) is 5.91 Å². The van der Waals surface area contributed by atoms with Gasteiger partial charge in [0.2, 0.25) is 0 Å². The number of amides is 1. The van der Waals surface area contributed by atoms with Crippen LogP contribution in [-0.2, 0) is 4.74 Å². The molecule has 0 atom stereocenters. The second-order valence-electron chi connectivity index (χ2n) is 7.30. The zero-order chi connectivity index (χ0) is 21.6. The summed E-state index contributed by atoms with van der Waals surface area (Å²) in [7, 11) is 0. The largest absolute Gasteiger partial charge is 0.494 e. The van der Waals surface area contributed by atoms with E-state index < -0.39 is 0 Å². The molecule has 0 saturated carbocycles. The van der Waals surface area contributed by atoms with Gasteiger partial charge >= 0.3 is 0 Å². The predicted molar refractivity (Wildman–Crippen MR) is 134 cm³/mol. The van der Waals surface area contributed by atoms with Gasteiger partial charge in [0.1, 0.15) is 5.75 Å². The van der Waals surface area contributed by atoms with Gasteiger partial charge in [0.05, 0.1) is 35.6 Å². The quantitative estimate of drug-likeness (QED) is 0.381. The Balaban J connectivity index is 1.58. The molecule has 0 aliphatic carbocycles. The summed E-state index contributed by atoms with van der Waals surface area (Å²) in [5.74, 6) is 0.823. The third-order valence-electron chi connectivity index (χ3n) is 5.20. The Labute approximate surface area is 200 Å². The van der Waals surface area contributed by atoms with Gasteiger partial charge in [0, 0.05) is 29.7 Å². The molecule has 6 nitrogen and oxygen atoms in total. The van der Waals surface area contributed by atoms with Crippen molar-refractivity contribution in [1.82, 2.24) is 9.88 Å². The Morgan fingerprint density at radius 3 is 2.84 bits per heavy atom. The molecule has 1 aromatic heterocycles. The first-order chi connectivity index (χ1) is 15.2. The van der Waals surface area contributed by atoms with Gasteiger partial charge < -0.3 is 9.47 Å². The van der Waals surface area contributed by atoms with E-state index in [-0.39, 0.29) is 5.91 Å². The van der Waals surface area contributed by atoms with Crippen LogP contribution >= 0.6 is 33.9 Å². The Bertz CT molecular complexity index is 1040. The molecule has 1 aliphatic heterocycles. The lowest BCUT2D eigenvalue weighted by atomic mass is 10.2. The first-order valence-electron chi connectivity index (χ1n) is 10.6. The standard InChI is InChI=1S/C23H26IN3O3S/c1-2-30-17-8-9-20-21(16-17)31-23(25-20)27(11-5-10-26-12-14-29-15-13-26)22(28)18-6-3-4-7-19(18)24/h3-4,6-9,16H,2,5,10-15H2,1H3. The summed E-state index contributed by atoms with van der Waals surface area (Å²) >= 11 is 3.76. The van der Waals surface area contributed by atoms with Crippen LogP contribution < -0.4 is 9.64 Å². The highest BCUT2D eigenvalue weighted by atomic mass is 127. The number of ether oxygens (including phenoxy) is 2. The number of rotatable bonds is 8. The van der Waals surface area contributed by atoms with Crippen molar-refractivity contribution in [3.05, 3.63) is 51.6 Å². The van der Waals surface area contributed by atoms with Crippen molar-refractivity contribution >= 4 is 55.2 Å². The number of morpholine rings is 1. The van der Waals surface area contributed by atoms with Crippen molar-refractivity contribution in [2.45, 2.75) is 13.3 Å². The maximum Gasteiger partial charge on any atom is 0.261 e. The number of hydrogen-bond acceptors (Lipinski definition) is 6. The van der Waals surface area contributed by atoms with E-state index in [2.05, 4.69) is 27.5 Å². The van der Waals surface area contributed by atoms with Crippen LogP contribution in [0.1, 0.15) is 23.7 Å². The van der Waals surface area contributed by atoms with E-state index in [1.54, 1.807) is 0 Å². The van der Waals surface area contributed by atoms with Crippen LogP contribution in [0.3, 0.4) is 0 Å². The topological polar surface area (TPSA) is 54.9 Å². The molecular weight excluding hydrogens is 525 g/mol. The summed E-state index contributed by atoms with van der Waals surface area (Å²) in [6.07, 6.45) is 0.884. The molecule has 1 saturated heterocycles. The Kier molecular flexibility index (Phi) is 7.76. The van der Waals surface area contributed by atoms with E-state index in [1.165, 1.54) is 11.3 Å². The molecule has 1 fully saturated rings. The summed E-state index contributed by atoms with van der Waals surface area (Å²) in [4.78, 5) is 22.5. The molecule has 0 radical (unpaired) electrons. The fourth-order valence-electron chi connectivity index (χ4n) is 3.61. The molecule has 2 aromatic carbocycles. The maximum atomic E-state index is 13.5. The number of nitrogens with zero attached hydrogens (tertiary/aromatic N) is 3. The van der Waals surface area contributed by atoms with Gasteiger partial charge in [-0.25, -0.2) is 4.98 Å². The minimum Gasteiger partial charge on any atom is -0.494 e. The van der Waals surface area contributed by atoms with Gasteiger partial charge in [0.15, 0.2) is 5.13 Å². The second-order valence-corrected chi connectivity index (χ2v) is 9.47. The van der Waals surface area contributed by atoms with Crippen molar-refractivity contribution in [2.75, 3.05) is 50.9 Å². The van der Waals surface area contributed by atoms with Crippen LogP contribution in [0, 0.1) is 3.57 Å². The molecule has 3 aromatic rings. The summed E-state index contributed by atoms with van der Waals surface area (Å²) in [5, 5.41) is 0.732. The van der Waals surface area contributed by atoms with Crippen LogP contribution in [0.15, 0.2) is 42.5 Å². The third-order valence-corrected chi connectivity index (χ3v) is 7.18. The van der Waals surface area contributed by atoms with Crippen LogP contribution in [0.4, 0.5) is 5.13 Å². The lowest BCUT2D eigenvalue weighted by Crippen LogP contribution is -2.39. The van der Waals surface area contributed by atoms with Crippen molar-refractivity contribution in [1.29, 1.82) is 0 Å². The summed E-state index contributed by atoms with van der Waals surface area (Å²) < 4.78 is 13.0. The summed E-state index contributed by atoms with van der Waals surface area (Å²) in [6.45, 7) is 7.62. The van der Waals surface area contributed by atoms with Gasteiger partial charge in [-0.15, -0.1) is 0 Å². The van der Waals surface area contributed by atoms with Crippen LogP contribution in [-0.4, -0.2) is 61.8 Å². The molecular formula is C23H26IN3O3S. The minimum atomic E-state index is -0.00364. The van der Waals surface area contributed by atoms with Gasteiger partial charge in [-0.2, -0.15) is 0 Å². The SMILES string of the molecule is CCOc1ccc2nc(N(CCCN3CCOCC3)C(=O)c3ccccc3I)sc2c1. The normalized spacial score (nSPS) is 14.6. The number of thiazole rings is 1. The van der Waals surface area contributed by atoms with Gasteiger partial charge in [-0.05, 0) is 66.3 Å². The van der Waals surface area contributed by atoms with Crippen molar-refractivity contribution in [3.8, 4) is 5.75 Å². The Morgan fingerprint density at radius 1 is 1.26 bits per heavy atom. The number of carbonyl (C=O) groups is 1. The fraction of sp³-hybridized carbons (Fsp3) is 0.391. The zero-order valence-corrected chi connectivity index (χ0v) is 20.5. The van der Waals surface area contributed by atoms with E-state index in [0.29, 0.717) is 18.7 Å². The van der Waals surface area contributed by atoms with Crippen LogP contribution in [0.25, 0.3) is 10.2 Å². The molecule has 4 rings (SSSR count). The summed E-state index contributed by atoms with van der Waals surface area (Å²) in [5.41, 5.74) is 1.60. The highest BCUT2D eigenvalue weighted by molar-refractivity contribution is 14.1. The molecule has 1 amide bonds. The van der Waals surface area contributed by atoms with Gasteiger partial charge in [-0.1, -0.05) is 23.5 Å². The molecule has 8 heteroatoms. The average molecular weight is 551 g/mol. The molecule has 0 spiro atoms. The molecule has 0 unspecified atom stereocenters. The lowest BCUT2D eigenvalue weighted by Gasteiger charge is -2.27. The first kappa shape index (κ1) is 22.4. The highest BCUT2D eigenvalue weighted by Gasteiger charge is 2.23. The molecule has 0 bridgehead atoms. The third kappa shape index (κ3) is 5.54. The van der Waals surface area contributed by atoms with Gasteiger partial charge in [-0.3, -0.25) is 14.6 Å². The van der Waals surface area contributed by atoms with Crippen molar-refractivity contribution in [2.24, 2.45) is 0 Å². The first-order valence-corrected chi connectivity index (χ1v) is 12.4. The number of anilines is 1. The van der Waals surface area contributed by atoms with E-state index in [1.807, 2.05) is 54.3 Å². The van der Waals surface area contributed by atoms with E-state index in [0.717, 1.165) is 63.9 Å².